The number of aromatic nitrogens is 1. The van der Waals surface area contributed by atoms with Gasteiger partial charge >= 0.3 is 0 Å². The fraction of sp³-hybridized carbons (Fsp3) is 0.526. The van der Waals surface area contributed by atoms with Gasteiger partial charge < -0.3 is 4.90 Å². The second kappa shape index (κ2) is 6.15. The summed E-state index contributed by atoms with van der Waals surface area (Å²) in [4.78, 5) is 7.40. The van der Waals surface area contributed by atoms with Gasteiger partial charge in [0, 0.05) is 18.1 Å². The van der Waals surface area contributed by atoms with Gasteiger partial charge in [-0.25, -0.2) is 0 Å². The first-order chi connectivity index (χ1) is 10.2. The molecule has 1 aromatic carbocycles. The molecular weight excluding hydrogens is 256 g/mol. The van der Waals surface area contributed by atoms with E-state index in [-0.39, 0.29) is 0 Å². The molecule has 0 spiro atoms. The zero-order valence-corrected chi connectivity index (χ0v) is 13.5. The van der Waals surface area contributed by atoms with Crippen LogP contribution < -0.4 is 0 Å². The summed E-state index contributed by atoms with van der Waals surface area (Å²) in [7, 11) is 0. The first kappa shape index (κ1) is 14.5. The van der Waals surface area contributed by atoms with Crippen LogP contribution in [-0.4, -0.2) is 29.5 Å². The lowest BCUT2D eigenvalue weighted by Crippen LogP contribution is -2.34. The van der Waals surface area contributed by atoms with E-state index in [4.69, 9.17) is 4.98 Å². The Labute approximate surface area is 128 Å². The summed E-state index contributed by atoms with van der Waals surface area (Å²) in [5, 5.41) is 1.31. The summed E-state index contributed by atoms with van der Waals surface area (Å²) in [6.07, 6.45) is 5.72. The molecule has 1 saturated heterocycles. The molecular formula is C19H26N2. The Kier molecular flexibility index (Phi) is 4.25. The number of nitrogens with zero attached hydrogens (tertiary/aromatic N) is 2. The molecule has 1 aromatic heterocycles. The average molecular weight is 282 g/mol. The smallest absolute Gasteiger partial charge is 0.0740 e. The standard InChI is InChI=1S/C19H26N2/c1-4-15-11-16-9-8-14(3)18(19(16)20-12-15)17-7-6-10-21(5-2)13-17/h8-9,11-12,17H,4-7,10,13H2,1-3H3. The molecule has 0 bridgehead atoms. The number of likely N-dealkylation sites (N-methyl/N-ethyl adjacent to an activating group) is 1. The van der Waals surface area contributed by atoms with Gasteiger partial charge in [-0.1, -0.05) is 26.0 Å². The molecule has 1 fully saturated rings. The van der Waals surface area contributed by atoms with E-state index < -0.39 is 0 Å². The lowest BCUT2D eigenvalue weighted by Gasteiger charge is -2.33. The largest absolute Gasteiger partial charge is 0.303 e. The van der Waals surface area contributed by atoms with Crippen LogP contribution in [0.2, 0.25) is 0 Å². The Balaban J connectivity index is 2.06. The molecule has 2 aromatic rings. The van der Waals surface area contributed by atoms with Crippen molar-refractivity contribution in [2.24, 2.45) is 0 Å². The van der Waals surface area contributed by atoms with Crippen LogP contribution in [0.1, 0.15) is 49.3 Å². The highest BCUT2D eigenvalue weighted by atomic mass is 15.1. The highest BCUT2D eigenvalue weighted by Gasteiger charge is 2.23. The first-order valence-corrected chi connectivity index (χ1v) is 8.33. The molecule has 1 atom stereocenters. The third-order valence-corrected chi connectivity index (χ3v) is 4.94. The van der Waals surface area contributed by atoms with Crippen molar-refractivity contribution in [2.45, 2.75) is 46.0 Å². The molecule has 2 nitrogen and oxygen atoms in total. The molecule has 0 amide bonds. The Bertz CT molecular complexity index is 633. The monoisotopic (exact) mass is 282 g/mol. The molecule has 1 aliphatic heterocycles. The molecule has 0 aliphatic carbocycles. The zero-order chi connectivity index (χ0) is 14.8. The number of aryl methyl sites for hydroxylation is 2. The van der Waals surface area contributed by atoms with Gasteiger partial charge in [0.15, 0.2) is 0 Å². The van der Waals surface area contributed by atoms with Gasteiger partial charge in [0.05, 0.1) is 5.52 Å². The minimum Gasteiger partial charge on any atom is -0.303 e. The number of fused-ring (bicyclic) bond motifs is 1. The van der Waals surface area contributed by atoms with E-state index in [1.165, 1.54) is 53.5 Å². The van der Waals surface area contributed by atoms with Crippen LogP contribution in [0, 0.1) is 6.92 Å². The number of hydrogen-bond acceptors (Lipinski definition) is 2. The molecule has 1 unspecified atom stereocenters. The molecule has 2 heterocycles. The Morgan fingerprint density at radius 3 is 2.90 bits per heavy atom. The number of likely N-dealkylation sites (tertiary alicyclic amines) is 1. The highest BCUT2D eigenvalue weighted by Crippen LogP contribution is 2.33. The molecule has 0 saturated carbocycles. The van der Waals surface area contributed by atoms with Crippen molar-refractivity contribution >= 4 is 10.9 Å². The van der Waals surface area contributed by atoms with Crippen molar-refractivity contribution < 1.29 is 0 Å². The third-order valence-electron chi connectivity index (χ3n) is 4.94. The maximum Gasteiger partial charge on any atom is 0.0740 e. The number of pyridine rings is 1. The maximum absolute atomic E-state index is 4.82. The summed E-state index contributed by atoms with van der Waals surface area (Å²) in [5.74, 6) is 0.641. The molecule has 0 N–H and O–H groups in total. The zero-order valence-electron chi connectivity index (χ0n) is 13.5. The molecule has 2 heteroatoms. The van der Waals surface area contributed by atoms with Crippen molar-refractivity contribution in [3.05, 3.63) is 41.1 Å². The summed E-state index contributed by atoms with van der Waals surface area (Å²) in [5.41, 5.74) is 5.46. The molecule has 1 aliphatic rings. The van der Waals surface area contributed by atoms with Crippen molar-refractivity contribution in [2.75, 3.05) is 19.6 Å². The Morgan fingerprint density at radius 1 is 1.29 bits per heavy atom. The third kappa shape index (κ3) is 2.82. The van der Waals surface area contributed by atoms with Crippen molar-refractivity contribution in [3.63, 3.8) is 0 Å². The summed E-state index contributed by atoms with van der Waals surface area (Å²) >= 11 is 0. The van der Waals surface area contributed by atoms with Gasteiger partial charge in [-0.05, 0) is 68.0 Å². The first-order valence-electron chi connectivity index (χ1n) is 8.33. The van der Waals surface area contributed by atoms with Crippen LogP contribution in [0.15, 0.2) is 24.4 Å². The number of rotatable bonds is 3. The minimum atomic E-state index is 0.641. The van der Waals surface area contributed by atoms with E-state index >= 15 is 0 Å². The quantitative estimate of drug-likeness (QED) is 0.834. The van der Waals surface area contributed by atoms with E-state index in [0.29, 0.717) is 5.92 Å². The van der Waals surface area contributed by atoms with Gasteiger partial charge in [0.1, 0.15) is 0 Å². The van der Waals surface area contributed by atoms with Gasteiger partial charge in [-0.3, -0.25) is 4.98 Å². The lowest BCUT2D eigenvalue weighted by atomic mass is 9.86. The van der Waals surface area contributed by atoms with Crippen molar-refractivity contribution in [1.82, 2.24) is 9.88 Å². The number of hydrogen-bond donors (Lipinski definition) is 0. The average Bonchev–Trinajstić information content (AvgIpc) is 2.54. The van der Waals surface area contributed by atoms with Crippen LogP contribution in [-0.2, 0) is 6.42 Å². The van der Waals surface area contributed by atoms with Crippen LogP contribution in [0.4, 0.5) is 0 Å². The van der Waals surface area contributed by atoms with E-state index in [9.17, 15) is 0 Å². The van der Waals surface area contributed by atoms with E-state index in [1.54, 1.807) is 0 Å². The number of piperidine rings is 1. The summed E-state index contributed by atoms with van der Waals surface area (Å²) in [6, 6.07) is 6.83. The van der Waals surface area contributed by atoms with Gasteiger partial charge in [0.25, 0.3) is 0 Å². The number of benzene rings is 1. The maximum atomic E-state index is 4.82. The molecule has 112 valence electrons. The van der Waals surface area contributed by atoms with Gasteiger partial charge in [-0.15, -0.1) is 0 Å². The van der Waals surface area contributed by atoms with Crippen molar-refractivity contribution in [3.8, 4) is 0 Å². The SMILES string of the molecule is CCc1cnc2c(C3CCCN(CC)C3)c(C)ccc2c1. The summed E-state index contributed by atoms with van der Waals surface area (Å²) in [6.45, 7) is 10.3. The van der Waals surface area contributed by atoms with Crippen LogP contribution in [0.25, 0.3) is 10.9 Å². The summed E-state index contributed by atoms with van der Waals surface area (Å²) < 4.78 is 0. The Hall–Kier alpha value is -1.41. The van der Waals surface area contributed by atoms with Crippen molar-refractivity contribution in [1.29, 1.82) is 0 Å². The van der Waals surface area contributed by atoms with E-state index in [0.717, 1.165) is 13.0 Å². The van der Waals surface area contributed by atoms with E-state index in [2.05, 4.69) is 50.1 Å². The van der Waals surface area contributed by atoms with Crippen LogP contribution in [0.5, 0.6) is 0 Å². The fourth-order valence-electron chi connectivity index (χ4n) is 3.66. The highest BCUT2D eigenvalue weighted by molar-refractivity contribution is 5.84. The lowest BCUT2D eigenvalue weighted by molar-refractivity contribution is 0.218. The van der Waals surface area contributed by atoms with Crippen LogP contribution in [0.3, 0.4) is 0 Å². The molecule has 0 radical (unpaired) electrons. The second-order valence-corrected chi connectivity index (χ2v) is 6.30. The predicted molar refractivity (Wildman–Crippen MR) is 89.9 cm³/mol. The van der Waals surface area contributed by atoms with Gasteiger partial charge in [-0.2, -0.15) is 0 Å². The second-order valence-electron chi connectivity index (χ2n) is 6.30. The molecule has 3 rings (SSSR count). The predicted octanol–water partition coefficient (Wildman–Crippen LogP) is 4.30. The van der Waals surface area contributed by atoms with E-state index in [1.807, 2.05) is 0 Å². The Morgan fingerprint density at radius 2 is 2.14 bits per heavy atom. The fourth-order valence-corrected chi connectivity index (χ4v) is 3.66. The van der Waals surface area contributed by atoms with Crippen LogP contribution >= 0.6 is 0 Å². The molecule has 21 heavy (non-hydrogen) atoms. The normalized spacial score (nSPS) is 20.0. The van der Waals surface area contributed by atoms with Gasteiger partial charge in [0.2, 0.25) is 0 Å². The topological polar surface area (TPSA) is 16.1 Å². The minimum absolute atomic E-state index is 0.641.